The molecule has 13 heavy (non-hydrogen) atoms. The zero-order chi connectivity index (χ0) is 10.0. The van der Waals surface area contributed by atoms with Crippen LogP contribution in [0.2, 0.25) is 5.02 Å². The number of halogens is 2. The molecule has 0 radical (unpaired) electrons. The first-order valence-electron chi connectivity index (χ1n) is 3.40. The number of phenols is 1. The van der Waals surface area contributed by atoms with Crippen LogP contribution in [-0.2, 0) is 0 Å². The van der Waals surface area contributed by atoms with Gasteiger partial charge in [-0.2, -0.15) is 5.26 Å². The summed E-state index contributed by atoms with van der Waals surface area (Å²) in [5.74, 6) is -1.22. The summed E-state index contributed by atoms with van der Waals surface area (Å²) >= 11 is 5.39. The van der Waals surface area contributed by atoms with Crippen molar-refractivity contribution < 1.29 is 9.50 Å². The van der Waals surface area contributed by atoms with Gasteiger partial charge in [-0.1, -0.05) is 11.6 Å². The van der Waals surface area contributed by atoms with E-state index in [-0.39, 0.29) is 5.56 Å². The Morgan fingerprint density at radius 3 is 2.77 bits per heavy atom. The smallest absolute Gasteiger partial charge is 0.145 e. The first-order chi connectivity index (χ1) is 6.07. The van der Waals surface area contributed by atoms with Crippen molar-refractivity contribution in [1.29, 1.82) is 5.26 Å². The highest BCUT2D eigenvalue weighted by Gasteiger charge is 2.15. The fourth-order valence-electron chi connectivity index (χ4n) is 0.875. The predicted molar refractivity (Wildman–Crippen MR) is 45.6 cm³/mol. The minimum Gasteiger partial charge on any atom is -0.506 e. The molecule has 3 nitrogen and oxygen atoms in total. The fraction of sp³-hybridized carbons (Fsp3) is 0.125. The highest BCUT2D eigenvalue weighted by molar-refractivity contribution is 6.32. The molecule has 1 aromatic rings. The van der Waals surface area contributed by atoms with E-state index in [0.717, 1.165) is 6.07 Å². The Labute approximate surface area is 79.2 Å². The van der Waals surface area contributed by atoms with Crippen molar-refractivity contribution in [2.45, 2.75) is 6.04 Å². The Kier molecular flexibility index (Phi) is 2.71. The SMILES string of the molecule is N#C[C@H](N)c1ccc(F)c(Cl)c1O. The normalized spacial score (nSPS) is 12.2. The maximum absolute atomic E-state index is 12.7. The number of benzene rings is 1. The second-order valence-corrected chi connectivity index (χ2v) is 2.78. The van der Waals surface area contributed by atoms with Gasteiger partial charge in [0.2, 0.25) is 0 Å². The van der Waals surface area contributed by atoms with E-state index in [4.69, 9.17) is 22.6 Å². The lowest BCUT2D eigenvalue weighted by atomic mass is 10.1. The number of aromatic hydroxyl groups is 1. The van der Waals surface area contributed by atoms with Crippen LogP contribution in [0.1, 0.15) is 11.6 Å². The molecule has 0 aliphatic heterocycles. The maximum atomic E-state index is 12.7. The highest BCUT2D eigenvalue weighted by atomic mass is 35.5. The monoisotopic (exact) mass is 200 g/mol. The Hall–Kier alpha value is -1.31. The summed E-state index contributed by atoms with van der Waals surface area (Å²) in [6.45, 7) is 0. The molecule has 0 saturated heterocycles. The number of nitriles is 1. The molecule has 0 amide bonds. The van der Waals surface area contributed by atoms with E-state index >= 15 is 0 Å². The lowest BCUT2D eigenvalue weighted by Gasteiger charge is -2.07. The number of hydrogen-bond donors (Lipinski definition) is 2. The van der Waals surface area contributed by atoms with E-state index in [1.807, 2.05) is 0 Å². The molecule has 1 rings (SSSR count). The maximum Gasteiger partial charge on any atom is 0.145 e. The summed E-state index contributed by atoms with van der Waals surface area (Å²) < 4.78 is 12.7. The summed E-state index contributed by atoms with van der Waals surface area (Å²) in [7, 11) is 0. The summed E-state index contributed by atoms with van der Waals surface area (Å²) in [6, 6.07) is 2.98. The Morgan fingerprint density at radius 2 is 2.23 bits per heavy atom. The molecule has 0 fully saturated rings. The molecule has 0 spiro atoms. The van der Waals surface area contributed by atoms with E-state index in [2.05, 4.69) is 0 Å². The van der Waals surface area contributed by atoms with Gasteiger partial charge in [0.05, 0.1) is 6.07 Å². The zero-order valence-electron chi connectivity index (χ0n) is 6.46. The van der Waals surface area contributed by atoms with Crippen molar-refractivity contribution in [3.63, 3.8) is 0 Å². The third-order valence-electron chi connectivity index (χ3n) is 1.57. The second-order valence-electron chi connectivity index (χ2n) is 2.41. The van der Waals surface area contributed by atoms with E-state index in [1.54, 1.807) is 6.07 Å². The molecule has 0 heterocycles. The summed E-state index contributed by atoms with van der Waals surface area (Å²) in [4.78, 5) is 0. The number of nitrogens with zero attached hydrogens (tertiary/aromatic N) is 1. The largest absolute Gasteiger partial charge is 0.506 e. The number of nitrogens with two attached hydrogens (primary N) is 1. The zero-order valence-corrected chi connectivity index (χ0v) is 7.22. The molecule has 1 aromatic carbocycles. The lowest BCUT2D eigenvalue weighted by Crippen LogP contribution is -2.07. The van der Waals surface area contributed by atoms with Crippen LogP contribution in [0.3, 0.4) is 0 Å². The van der Waals surface area contributed by atoms with Gasteiger partial charge in [-0.15, -0.1) is 0 Å². The van der Waals surface area contributed by atoms with Crippen molar-refractivity contribution in [1.82, 2.24) is 0 Å². The quantitative estimate of drug-likeness (QED) is 0.725. The molecule has 0 aromatic heterocycles. The Morgan fingerprint density at radius 1 is 1.62 bits per heavy atom. The highest BCUT2D eigenvalue weighted by Crippen LogP contribution is 2.32. The lowest BCUT2D eigenvalue weighted by molar-refractivity contribution is 0.460. The predicted octanol–water partition coefficient (Wildman–Crippen LogP) is 1.71. The summed E-state index contributed by atoms with van der Waals surface area (Å²) in [5, 5.41) is 17.3. The number of phenolic OH excluding ortho intramolecular Hbond substituents is 1. The molecular formula is C8H6ClFN2O. The molecule has 0 saturated carbocycles. The van der Waals surface area contributed by atoms with Gasteiger partial charge in [-0.25, -0.2) is 4.39 Å². The van der Waals surface area contributed by atoms with Gasteiger partial charge in [0.1, 0.15) is 22.6 Å². The van der Waals surface area contributed by atoms with Gasteiger partial charge >= 0.3 is 0 Å². The molecule has 0 bridgehead atoms. The number of hydrogen-bond acceptors (Lipinski definition) is 3. The van der Waals surface area contributed by atoms with Crippen LogP contribution < -0.4 is 5.73 Å². The second kappa shape index (κ2) is 3.60. The van der Waals surface area contributed by atoms with Gasteiger partial charge in [-0.3, -0.25) is 0 Å². The molecular weight excluding hydrogens is 195 g/mol. The van der Waals surface area contributed by atoms with Gasteiger partial charge < -0.3 is 10.8 Å². The van der Waals surface area contributed by atoms with Crippen LogP contribution in [0.5, 0.6) is 5.75 Å². The first kappa shape index (κ1) is 9.78. The van der Waals surface area contributed by atoms with Crippen LogP contribution in [0.4, 0.5) is 4.39 Å². The van der Waals surface area contributed by atoms with Crippen LogP contribution in [0.15, 0.2) is 12.1 Å². The van der Waals surface area contributed by atoms with Gasteiger partial charge in [-0.05, 0) is 12.1 Å². The van der Waals surface area contributed by atoms with E-state index in [9.17, 15) is 9.50 Å². The molecule has 1 atom stereocenters. The molecule has 5 heteroatoms. The fourth-order valence-corrected chi connectivity index (χ4v) is 1.05. The molecule has 0 unspecified atom stereocenters. The molecule has 0 aliphatic rings. The van der Waals surface area contributed by atoms with E-state index < -0.39 is 22.6 Å². The van der Waals surface area contributed by atoms with Gasteiger partial charge in [0.15, 0.2) is 0 Å². The van der Waals surface area contributed by atoms with Crippen LogP contribution in [-0.4, -0.2) is 5.11 Å². The minimum atomic E-state index is -1.00. The van der Waals surface area contributed by atoms with Crippen LogP contribution in [0, 0.1) is 17.1 Å². The average molecular weight is 201 g/mol. The van der Waals surface area contributed by atoms with Crippen molar-refractivity contribution >= 4 is 11.6 Å². The number of rotatable bonds is 1. The summed E-state index contributed by atoms with van der Waals surface area (Å²) in [6.07, 6.45) is 0. The standard InChI is InChI=1S/C8H6ClFN2O/c9-7-5(10)2-1-4(8(7)13)6(12)3-11/h1-2,6,13H,12H2/t6-/m0/s1. The van der Waals surface area contributed by atoms with Crippen molar-refractivity contribution in [3.8, 4) is 11.8 Å². The third-order valence-corrected chi connectivity index (χ3v) is 1.93. The average Bonchev–Trinajstić information content (AvgIpc) is 2.13. The van der Waals surface area contributed by atoms with Crippen molar-refractivity contribution in [3.05, 3.63) is 28.5 Å². The van der Waals surface area contributed by atoms with Gasteiger partial charge in [0.25, 0.3) is 0 Å². The van der Waals surface area contributed by atoms with E-state index in [1.165, 1.54) is 6.07 Å². The summed E-state index contributed by atoms with van der Waals surface area (Å²) in [5.41, 5.74) is 5.43. The third kappa shape index (κ3) is 1.72. The molecule has 3 N–H and O–H groups in total. The Bertz CT molecular complexity index is 375. The Balaban J connectivity index is 3.28. The van der Waals surface area contributed by atoms with Gasteiger partial charge in [0, 0.05) is 5.56 Å². The van der Waals surface area contributed by atoms with Crippen molar-refractivity contribution in [2.75, 3.05) is 0 Å². The topological polar surface area (TPSA) is 70.0 Å². The molecule has 68 valence electrons. The van der Waals surface area contributed by atoms with Crippen LogP contribution in [0.25, 0.3) is 0 Å². The van der Waals surface area contributed by atoms with E-state index in [0.29, 0.717) is 0 Å². The van der Waals surface area contributed by atoms with Crippen LogP contribution >= 0.6 is 11.6 Å². The minimum absolute atomic E-state index is 0.119. The first-order valence-corrected chi connectivity index (χ1v) is 3.77. The van der Waals surface area contributed by atoms with Crippen molar-refractivity contribution in [2.24, 2.45) is 5.73 Å². The molecule has 0 aliphatic carbocycles.